The smallest absolute Gasteiger partial charge is 0.261 e. The van der Waals surface area contributed by atoms with Crippen molar-refractivity contribution in [2.24, 2.45) is 0 Å². The fourth-order valence-corrected chi connectivity index (χ4v) is 3.96. The molecular weight excluding hydrogens is 318 g/mol. The van der Waals surface area contributed by atoms with Crippen molar-refractivity contribution in [2.75, 3.05) is 39.3 Å². The number of likely N-dealkylation sites (tertiary alicyclic amines) is 1. The molecule has 6 heteroatoms. The van der Waals surface area contributed by atoms with Crippen LogP contribution < -0.4 is 0 Å². The van der Waals surface area contributed by atoms with Crippen LogP contribution in [0, 0.1) is 0 Å². The number of rotatable bonds is 3. The lowest BCUT2D eigenvalue weighted by Crippen LogP contribution is -2.54. The van der Waals surface area contributed by atoms with E-state index in [9.17, 15) is 15.0 Å². The van der Waals surface area contributed by atoms with Gasteiger partial charge in [-0.15, -0.1) is 0 Å². The Bertz CT molecular complexity index is 584. The SMILES string of the molecule is CC(C)N1CCN(C2CCN(C(=O)c3c(O)cccc3O)CC2)CC1. The molecular formula is C19H29N3O3. The lowest BCUT2D eigenvalue weighted by Gasteiger charge is -2.43. The molecule has 0 aromatic heterocycles. The van der Waals surface area contributed by atoms with Crippen molar-refractivity contribution in [3.8, 4) is 11.5 Å². The summed E-state index contributed by atoms with van der Waals surface area (Å²) in [5.41, 5.74) is 0.0199. The molecule has 1 aromatic carbocycles. The summed E-state index contributed by atoms with van der Waals surface area (Å²) < 4.78 is 0. The molecule has 1 aromatic rings. The van der Waals surface area contributed by atoms with Crippen LogP contribution in [0.1, 0.15) is 37.0 Å². The Morgan fingerprint density at radius 3 is 2.08 bits per heavy atom. The van der Waals surface area contributed by atoms with Crippen LogP contribution in [0.25, 0.3) is 0 Å². The number of piperidine rings is 1. The van der Waals surface area contributed by atoms with Gasteiger partial charge in [0.15, 0.2) is 0 Å². The van der Waals surface area contributed by atoms with Crippen molar-refractivity contribution >= 4 is 5.91 Å². The van der Waals surface area contributed by atoms with Crippen LogP contribution in [0.2, 0.25) is 0 Å². The maximum absolute atomic E-state index is 12.6. The third-order valence-corrected chi connectivity index (χ3v) is 5.58. The van der Waals surface area contributed by atoms with E-state index in [1.807, 2.05) is 0 Å². The minimum atomic E-state index is -0.279. The number of hydrogen-bond donors (Lipinski definition) is 2. The molecule has 1 amide bonds. The van der Waals surface area contributed by atoms with E-state index >= 15 is 0 Å². The average molecular weight is 347 g/mol. The van der Waals surface area contributed by atoms with Gasteiger partial charge in [-0.2, -0.15) is 0 Å². The van der Waals surface area contributed by atoms with Crippen molar-refractivity contribution in [1.82, 2.24) is 14.7 Å². The molecule has 2 aliphatic rings. The monoisotopic (exact) mass is 347 g/mol. The molecule has 0 bridgehead atoms. The second kappa shape index (κ2) is 7.62. The van der Waals surface area contributed by atoms with Crippen LogP contribution in [0.4, 0.5) is 0 Å². The van der Waals surface area contributed by atoms with Crippen LogP contribution in [0.15, 0.2) is 18.2 Å². The molecule has 0 spiro atoms. The molecule has 0 radical (unpaired) electrons. The first-order valence-electron chi connectivity index (χ1n) is 9.25. The number of nitrogens with zero attached hydrogens (tertiary/aromatic N) is 3. The Morgan fingerprint density at radius 1 is 1.00 bits per heavy atom. The number of hydrogen-bond acceptors (Lipinski definition) is 5. The number of aromatic hydroxyl groups is 2. The van der Waals surface area contributed by atoms with Crippen LogP contribution >= 0.6 is 0 Å². The van der Waals surface area contributed by atoms with Crippen molar-refractivity contribution in [3.05, 3.63) is 23.8 Å². The van der Waals surface area contributed by atoms with Crippen molar-refractivity contribution in [2.45, 2.75) is 38.8 Å². The van der Waals surface area contributed by atoms with E-state index in [2.05, 4.69) is 23.6 Å². The number of carbonyl (C=O) groups is 1. The standard InChI is InChI=1S/C19H29N3O3/c1-14(2)20-10-12-21(13-11-20)15-6-8-22(9-7-15)19(25)18-16(23)4-3-5-17(18)24/h3-5,14-15,23-24H,6-13H2,1-2H3. The zero-order valence-corrected chi connectivity index (χ0v) is 15.2. The highest BCUT2D eigenvalue weighted by atomic mass is 16.3. The van der Waals surface area contributed by atoms with Gasteiger partial charge in [-0.3, -0.25) is 14.6 Å². The fraction of sp³-hybridized carbons (Fsp3) is 0.632. The lowest BCUT2D eigenvalue weighted by atomic mass is 10.0. The van der Waals surface area contributed by atoms with Gasteiger partial charge in [-0.1, -0.05) is 6.07 Å². The third kappa shape index (κ3) is 3.90. The Kier molecular flexibility index (Phi) is 5.49. The zero-order chi connectivity index (χ0) is 18.0. The van der Waals surface area contributed by atoms with Crippen LogP contribution in [0.5, 0.6) is 11.5 Å². The van der Waals surface area contributed by atoms with E-state index in [4.69, 9.17) is 0 Å². The molecule has 3 rings (SSSR count). The molecule has 2 aliphatic heterocycles. The first-order chi connectivity index (χ1) is 12.0. The summed E-state index contributed by atoms with van der Waals surface area (Å²) in [5.74, 6) is -0.590. The minimum Gasteiger partial charge on any atom is -0.507 e. The van der Waals surface area contributed by atoms with E-state index in [0.717, 1.165) is 39.0 Å². The van der Waals surface area contributed by atoms with Crippen LogP contribution in [-0.4, -0.2) is 82.2 Å². The molecule has 2 heterocycles. The quantitative estimate of drug-likeness (QED) is 0.872. The second-order valence-electron chi connectivity index (χ2n) is 7.36. The number of benzene rings is 1. The van der Waals surface area contributed by atoms with Gasteiger partial charge >= 0.3 is 0 Å². The van der Waals surface area contributed by atoms with E-state index in [1.54, 1.807) is 4.90 Å². The summed E-state index contributed by atoms with van der Waals surface area (Å²) in [6.45, 7) is 10.2. The molecule has 25 heavy (non-hydrogen) atoms. The van der Waals surface area contributed by atoms with Crippen LogP contribution in [0.3, 0.4) is 0 Å². The van der Waals surface area contributed by atoms with Gasteiger partial charge in [0.2, 0.25) is 0 Å². The first kappa shape index (κ1) is 18.0. The maximum atomic E-state index is 12.6. The Hall–Kier alpha value is -1.79. The topological polar surface area (TPSA) is 67.2 Å². The molecule has 6 nitrogen and oxygen atoms in total. The van der Waals surface area contributed by atoms with E-state index in [0.29, 0.717) is 25.2 Å². The average Bonchev–Trinajstić information content (AvgIpc) is 2.61. The van der Waals surface area contributed by atoms with E-state index in [1.165, 1.54) is 18.2 Å². The highest BCUT2D eigenvalue weighted by Gasteiger charge is 2.31. The van der Waals surface area contributed by atoms with Gasteiger partial charge < -0.3 is 15.1 Å². The normalized spacial score (nSPS) is 21.0. The van der Waals surface area contributed by atoms with E-state index < -0.39 is 0 Å². The number of phenolic OH excluding ortho intramolecular Hbond substituents is 2. The third-order valence-electron chi connectivity index (χ3n) is 5.58. The van der Waals surface area contributed by atoms with E-state index in [-0.39, 0.29) is 23.0 Å². The van der Waals surface area contributed by atoms with Crippen molar-refractivity contribution < 1.29 is 15.0 Å². The second-order valence-corrected chi connectivity index (χ2v) is 7.36. The Morgan fingerprint density at radius 2 is 1.56 bits per heavy atom. The van der Waals surface area contributed by atoms with Crippen LogP contribution in [-0.2, 0) is 0 Å². The van der Waals surface area contributed by atoms with Gasteiger partial charge in [0.1, 0.15) is 17.1 Å². The van der Waals surface area contributed by atoms with Gasteiger partial charge in [-0.05, 0) is 38.8 Å². The minimum absolute atomic E-state index is 0.0199. The lowest BCUT2D eigenvalue weighted by molar-refractivity contribution is 0.0418. The molecule has 0 aliphatic carbocycles. The fourth-order valence-electron chi connectivity index (χ4n) is 3.96. The summed E-state index contributed by atoms with van der Waals surface area (Å²) in [7, 11) is 0. The van der Waals surface area contributed by atoms with Gasteiger partial charge in [0.05, 0.1) is 0 Å². The first-order valence-corrected chi connectivity index (χ1v) is 9.25. The summed E-state index contributed by atoms with van der Waals surface area (Å²) in [4.78, 5) is 19.4. The predicted molar refractivity (Wildman–Crippen MR) is 97.0 cm³/mol. The predicted octanol–water partition coefficient (Wildman–Crippen LogP) is 1.73. The Balaban J connectivity index is 1.55. The maximum Gasteiger partial charge on any atom is 0.261 e. The summed E-state index contributed by atoms with van der Waals surface area (Å²) >= 11 is 0. The highest BCUT2D eigenvalue weighted by Crippen LogP contribution is 2.29. The van der Waals surface area contributed by atoms with Gasteiger partial charge in [0, 0.05) is 51.4 Å². The van der Waals surface area contributed by atoms with Gasteiger partial charge in [-0.25, -0.2) is 0 Å². The molecule has 0 atom stereocenters. The number of amides is 1. The highest BCUT2D eigenvalue weighted by molar-refractivity contribution is 5.99. The van der Waals surface area contributed by atoms with Crippen molar-refractivity contribution in [1.29, 1.82) is 0 Å². The number of carbonyl (C=O) groups excluding carboxylic acids is 1. The summed E-state index contributed by atoms with van der Waals surface area (Å²) in [6, 6.07) is 5.54. The molecule has 0 unspecified atom stereocenters. The number of piperazine rings is 1. The van der Waals surface area contributed by atoms with Gasteiger partial charge in [0.25, 0.3) is 5.91 Å². The zero-order valence-electron chi connectivity index (χ0n) is 15.2. The summed E-state index contributed by atoms with van der Waals surface area (Å²) in [5, 5.41) is 19.8. The summed E-state index contributed by atoms with van der Waals surface area (Å²) in [6.07, 6.45) is 1.89. The molecule has 2 N–H and O–H groups in total. The molecule has 2 saturated heterocycles. The molecule has 0 saturated carbocycles. The Labute approximate surface area is 149 Å². The molecule has 138 valence electrons. The number of phenols is 2. The van der Waals surface area contributed by atoms with Crippen molar-refractivity contribution in [3.63, 3.8) is 0 Å². The largest absolute Gasteiger partial charge is 0.507 e. The molecule has 2 fully saturated rings.